The normalized spacial score (nSPS) is 44.9. The Kier molecular flexibility index (Phi) is 2.41. The minimum atomic E-state index is -0.0790. The van der Waals surface area contributed by atoms with Crippen molar-refractivity contribution in [3.63, 3.8) is 0 Å². The minimum Gasteiger partial charge on any atom is -0.377 e. The van der Waals surface area contributed by atoms with Crippen molar-refractivity contribution in [1.29, 1.82) is 0 Å². The summed E-state index contributed by atoms with van der Waals surface area (Å²) < 4.78 is 16.4. The Morgan fingerprint density at radius 1 is 1.54 bits per heavy atom. The van der Waals surface area contributed by atoms with E-state index in [1.807, 2.05) is 6.92 Å². The molecule has 0 aromatic heterocycles. The summed E-state index contributed by atoms with van der Waals surface area (Å²) in [5.41, 5.74) is 1.12. The van der Waals surface area contributed by atoms with E-state index in [2.05, 4.69) is 6.58 Å². The highest BCUT2D eigenvalue weighted by molar-refractivity contribution is 5.17. The summed E-state index contributed by atoms with van der Waals surface area (Å²) in [7, 11) is 1.72. The van der Waals surface area contributed by atoms with Crippen LogP contribution in [0.4, 0.5) is 0 Å². The lowest BCUT2D eigenvalue weighted by Crippen LogP contribution is -2.35. The third-order valence-corrected chi connectivity index (χ3v) is 2.95. The van der Waals surface area contributed by atoms with Crippen molar-refractivity contribution >= 4 is 0 Å². The van der Waals surface area contributed by atoms with Gasteiger partial charge in [-0.15, -0.1) is 0 Å². The molecule has 74 valence electrons. The van der Waals surface area contributed by atoms with E-state index in [0.717, 1.165) is 18.6 Å². The lowest BCUT2D eigenvalue weighted by molar-refractivity contribution is -0.215. The molecule has 1 saturated heterocycles. The van der Waals surface area contributed by atoms with Gasteiger partial charge in [0, 0.05) is 19.4 Å². The molecule has 2 fully saturated rings. The molecule has 4 atom stereocenters. The number of rotatable bonds is 1. The Hall–Kier alpha value is -0.380. The van der Waals surface area contributed by atoms with Gasteiger partial charge in [0.25, 0.3) is 0 Å². The van der Waals surface area contributed by atoms with Gasteiger partial charge in [0.2, 0.25) is 0 Å². The van der Waals surface area contributed by atoms with Gasteiger partial charge >= 0.3 is 0 Å². The van der Waals surface area contributed by atoms with Gasteiger partial charge in [-0.25, -0.2) is 0 Å². The first-order valence-electron chi connectivity index (χ1n) is 4.71. The molecular weight excluding hydrogens is 168 g/mol. The zero-order valence-corrected chi connectivity index (χ0v) is 8.16. The van der Waals surface area contributed by atoms with Crippen LogP contribution in [-0.2, 0) is 14.2 Å². The molecule has 2 rings (SSSR count). The first-order chi connectivity index (χ1) is 6.22. The molecule has 0 aromatic rings. The van der Waals surface area contributed by atoms with E-state index >= 15 is 0 Å². The highest BCUT2D eigenvalue weighted by Crippen LogP contribution is 2.37. The van der Waals surface area contributed by atoms with Crippen LogP contribution in [0.1, 0.15) is 13.3 Å². The van der Waals surface area contributed by atoms with Gasteiger partial charge in [0.1, 0.15) is 0 Å². The fraction of sp³-hybridized carbons (Fsp3) is 0.800. The molecule has 13 heavy (non-hydrogen) atoms. The van der Waals surface area contributed by atoms with E-state index in [1.165, 1.54) is 0 Å². The van der Waals surface area contributed by atoms with Crippen molar-refractivity contribution in [2.45, 2.75) is 31.8 Å². The molecular formula is C10H16O3. The fourth-order valence-corrected chi connectivity index (χ4v) is 2.14. The molecule has 1 aliphatic heterocycles. The van der Waals surface area contributed by atoms with E-state index in [9.17, 15) is 0 Å². The average molecular weight is 184 g/mol. The molecule has 1 aliphatic carbocycles. The van der Waals surface area contributed by atoms with Crippen molar-refractivity contribution < 1.29 is 14.2 Å². The van der Waals surface area contributed by atoms with Gasteiger partial charge in [-0.2, -0.15) is 0 Å². The van der Waals surface area contributed by atoms with Gasteiger partial charge in [-0.1, -0.05) is 6.58 Å². The Labute approximate surface area is 78.7 Å². The second-order valence-electron chi connectivity index (χ2n) is 3.72. The number of fused-ring (bicyclic) bond motifs is 1. The first-order valence-corrected chi connectivity index (χ1v) is 4.71. The van der Waals surface area contributed by atoms with Crippen molar-refractivity contribution in [2.75, 3.05) is 13.7 Å². The summed E-state index contributed by atoms with van der Waals surface area (Å²) in [5, 5.41) is 0. The zero-order valence-electron chi connectivity index (χ0n) is 8.16. The van der Waals surface area contributed by atoms with Crippen molar-refractivity contribution in [3.8, 4) is 0 Å². The Morgan fingerprint density at radius 2 is 2.31 bits per heavy atom. The van der Waals surface area contributed by atoms with Crippen LogP contribution in [0.5, 0.6) is 0 Å². The van der Waals surface area contributed by atoms with E-state index in [0.29, 0.717) is 5.92 Å². The van der Waals surface area contributed by atoms with E-state index in [1.54, 1.807) is 7.11 Å². The van der Waals surface area contributed by atoms with Crippen LogP contribution >= 0.6 is 0 Å². The standard InChI is InChI=1S/C10H16O3/c1-6-8-5-12-7(2)13-10(8)4-9(6)11-3/h7-10H,1,4-5H2,2-3H3/t7?,8-,9+,10-/m0/s1. The summed E-state index contributed by atoms with van der Waals surface area (Å²) >= 11 is 0. The highest BCUT2D eigenvalue weighted by atomic mass is 16.7. The van der Waals surface area contributed by atoms with Crippen LogP contribution in [0.3, 0.4) is 0 Å². The molecule has 0 radical (unpaired) electrons. The molecule has 1 heterocycles. The zero-order chi connectivity index (χ0) is 9.42. The lowest BCUT2D eigenvalue weighted by Gasteiger charge is -2.30. The lowest BCUT2D eigenvalue weighted by atomic mass is 10.0. The molecule has 0 spiro atoms. The summed E-state index contributed by atoms with van der Waals surface area (Å²) in [6.45, 7) is 6.69. The van der Waals surface area contributed by atoms with Crippen molar-refractivity contribution in [3.05, 3.63) is 12.2 Å². The van der Waals surface area contributed by atoms with Crippen LogP contribution in [-0.4, -0.2) is 32.2 Å². The molecule has 0 N–H and O–H groups in total. The number of hydrogen-bond acceptors (Lipinski definition) is 3. The van der Waals surface area contributed by atoms with Crippen molar-refractivity contribution in [2.24, 2.45) is 5.92 Å². The van der Waals surface area contributed by atoms with E-state index < -0.39 is 0 Å². The summed E-state index contributed by atoms with van der Waals surface area (Å²) in [4.78, 5) is 0. The Bertz CT molecular complexity index is 214. The van der Waals surface area contributed by atoms with Gasteiger partial charge in [0.15, 0.2) is 6.29 Å². The quantitative estimate of drug-likeness (QED) is 0.575. The van der Waals surface area contributed by atoms with Gasteiger partial charge < -0.3 is 14.2 Å². The molecule has 0 amide bonds. The predicted octanol–water partition coefficient (Wildman–Crippen LogP) is 1.34. The maximum atomic E-state index is 5.65. The number of ether oxygens (including phenoxy) is 3. The highest BCUT2D eigenvalue weighted by Gasteiger charge is 2.42. The second-order valence-corrected chi connectivity index (χ2v) is 3.72. The van der Waals surface area contributed by atoms with Crippen LogP contribution in [0, 0.1) is 5.92 Å². The van der Waals surface area contributed by atoms with Crippen LogP contribution in [0.2, 0.25) is 0 Å². The molecule has 3 heteroatoms. The average Bonchev–Trinajstić information content (AvgIpc) is 2.42. The van der Waals surface area contributed by atoms with E-state index in [4.69, 9.17) is 14.2 Å². The maximum Gasteiger partial charge on any atom is 0.155 e. The largest absolute Gasteiger partial charge is 0.377 e. The van der Waals surface area contributed by atoms with Crippen LogP contribution in [0.15, 0.2) is 12.2 Å². The molecule has 2 aliphatic rings. The molecule has 0 bridgehead atoms. The topological polar surface area (TPSA) is 27.7 Å². The summed E-state index contributed by atoms with van der Waals surface area (Å²) in [5.74, 6) is 0.334. The SMILES string of the molecule is C=C1[C@H](OC)C[C@@H]2OC(C)OC[C@@H]12. The van der Waals surface area contributed by atoms with Crippen LogP contribution < -0.4 is 0 Å². The molecule has 1 unspecified atom stereocenters. The van der Waals surface area contributed by atoms with E-state index in [-0.39, 0.29) is 18.5 Å². The third kappa shape index (κ3) is 1.52. The number of hydrogen-bond donors (Lipinski definition) is 0. The van der Waals surface area contributed by atoms with Crippen molar-refractivity contribution in [1.82, 2.24) is 0 Å². The monoisotopic (exact) mass is 184 g/mol. The van der Waals surface area contributed by atoms with Gasteiger partial charge in [-0.3, -0.25) is 0 Å². The summed E-state index contributed by atoms with van der Waals surface area (Å²) in [6, 6.07) is 0. The first kappa shape index (κ1) is 9.19. The predicted molar refractivity (Wildman–Crippen MR) is 48.3 cm³/mol. The minimum absolute atomic E-state index is 0.0790. The Balaban J connectivity index is 2.07. The molecule has 0 aromatic carbocycles. The summed E-state index contributed by atoms with van der Waals surface area (Å²) in [6.07, 6.45) is 1.25. The fourth-order valence-electron chi connectivity index (χ4n) is 2.14. The smallest absolute Gasteiger partial charge is 0.155 e. The molecule has 3 nitrogen and oxygen atoms in total. The number of methoxy groups -OCH3 is 1. The van der Waals surface area contributed by atoms with Gasteiger partial charge in [-0.05, 0) is 12.5 Å². The Morgan fingerprint density at radius 3 is 3.00 bits per heavy atom. The maximum absolute atomic E-state index is 5.65. The second kappa shape index (κ2) is 3.40. The van der Waals surface area contributed by atoms with Gasteiger partial charge in [0.05, 0.1) is 18.8 Å². The van der Waals surface area contributed by atoms with Crippen LogP contribution in [0.25, 0.3) is 0 Å². The molecule has 1 saturated carbocycles. The third-order valence-electron chi connectivity index (χ3n) is 2.95.